The Labute approximate surface area is 164 Å². The van der Waals surface area contributed by atoms with Crippen LogP contribution in [0.15, 0.2) is 42.7 Å². The molecule has 0 N–H and O–H groups in total. The highest BCUT2D eigenvalue weighted by atomic mass is 16.5. The van der Waals surface area contributed by atoms with Crippen molar-refractivity contribution in [2.24, 2.45) is 11.8 Å². The predicted molar refractivity (Wildman–Crippen MR) is 105 cm³/mol. The quantitative estimate of drug-likeness (QED) is 0.795. The maximum absolute atomic E-state index is 13.0. The second kappa shape index (κ2) is 8.04. The Morgan fingerprint density at radius 2 is 2.07 bits per heavy atom. The lowest BCUT2D eigenvalue weighted by molar-refractivity contribution is -0.137. The first-order valence-corrected chi connectivity index (χ1v) is 9.84. The molecule has 0 saturated carbocycles. The Morgan fingerprint density at radius 3 is 2.79 bits per heavy atom. The number of amides is 2. The molecule has 0 bridgehead atoms. The van der Waals surface area contributed by atoms with Crippen molar-refractivity contribution in [3.05, 3.63) is 42.7 Å². The fourth-order valence-corrected chi connectivity index (χ4v) is 4.17. The first-order chi connectivity index (χ1) is 13.6. The van der Waals surface area contributed by atoms with Gasteiger partial charge in [0.1, 0.15) is 5.75 Å². The molecule has 0 radical (unpaired) electrons. The summed E-state index contributed by atoms with van der Waals surface area (Å²) in [5.74, 6) is 1.10. The van der Waals surface area contributed by atoms with Crippen LogP contribution in [0.5, 0.6) is 5.75 Å². The molecule has 4 rings (SSSR count). The van der Waals surface area contributed by atoms with Crippen LogP contribution in [0.4, 0.5) is 5.69 Å². The molecule has 1 aromatic heterocycles. The highest BCUT2D eigenvalue weighted by molar-refractivity contribution is 6.00. The van der Waals surface area contributed by atoms with Crippen LogP contribution in [0.3, 0.4) is 0 Å². The van der Waals surface area contributed by atoms with E-state index >= 15 is 0 Å². The normalized spacial score (nSPS) is 20.6. The number of nitrogens with zero attached hydrogens (tertiary/aromatic N) is 4. The van der Waals surface area contributed by atoms with E-state index in [-0.39, 0.29) is 24.2 Å². The van der Waals surface area contributed by atoms with Gasteiger partial charge in [0.2, 0.25) is 11.8 Å². The molecule has 2 saturated heterocycles. The third-order valence-electron chi connectivity index (χ3n) is 5.77. The molecule has 3 heterocycles. The second-order valence-corrected chi connectivity index (χ2v) is 7.60. The number of carbonyl (C=O) groups excluding carboxylic acids is 2. The number of anilines is 1. The molecule has 7 nitrogen and oxygen atoms in total. The van der Waals surface area contributed by atoms with E-state index in [4.69, 9.17) is 4.74 Å². The van der Waals surface area contributed by atoms with E-state index in [1.807, 2.05) is 46.1 Å². The predicted octanol–water partition coefficient (Wildman–Crippen LogP) is 2.18. The Balaban J connectivity index is 1.33. The number of methoxy groups -OCH3 is 1. The van der Waals surface area contributed by atoms with Crippen molar-refractivity contribution in [3.8, 4) is 5.75 Å². The van der Waals surface area contributed by atoms with Gasteiger partial charge in [0, 0.05) is 56.7 Å². The van der Waals surface area contributed by atoms with Crippen LogP contribution in [0, 0.1) is 11.8 Å². The van der Waals surface area contributed by atoms with E-state index in [0.717, 1.165) is 38.2 Å². The average Bonchev–Trinajstić information content (AvgIpc) is 3.37. The van der Waals surface area contributed by atoms with Gasteiger partial charge in [-0.1, -0.05) is 6.07 Å². The zero-order valence-electron chi connectivity index (χ0n) is 16.2. The van der Waals surface area contributed by atoms with Gasteiger partial charge in [-0.15, -0.1) is 0 Å². The smallest absolute Gasteiger partial charge is 0.228 e. The number of likely N-dealkylation sites (tertiary alicyclic amines) is 1. The summed E-state index contributed by atoms with van der Waals surface area (Å²) in [4.78, 5) is 29.1. The maximum atomic E-state index is 13.0. The summed E-state index contributed by atoms with van der Waals surface area (Å²) in [7, 11) is 1.60. The average molecular weight is 382 g/mol. The highest BCUT2D eigenvalue weighted by Gasteiger charge is 2.38. The minimum absolute atomic E-state index is 0.000159. The number of piperidine rings is 1. The lowest BCUT2D eigenvalue weighted by atomic mass is 9.95. The molecular weight excluding hydrogens is 356 g/mol. The van der Waals surface area contributed by atoms with Gasteiger partial charge >= 0.3 is 0 Å². The summed E-state index contributed by atoms with van der Waals surface area (Å²) in [6, 6.07) is 9.37. The zero-order valence-corrected chi connectivity index (χ0v) is 16.2. The maximum Gasteiger partial charge on any atom is 0.228 e. The molecule has 2 aliphatic rings. The lowest BCUT2D eigenvalue weighted by Gasteiger charge is -2.33. The summed E-state index contributed by atoms with van der Waals surface area (Å²) in [5, 5.41) is 4.27. The number of rotatable bonds is 5. The van der Waals surface area contributed by atoms with Crippen LogP contribution >= 0.6 is 0 Å². The van der Waals surface area contributed by atoms with Crippen molar-refractivity contribution in [2.75, 3.05) is 31.6 Å². The molecule has 1 unspecified atom stereocenters. The summed E-state index contributed by atoms with van der Waals surface area (Å²) in [6.07, 6.45) is 6.01. The largest absolute Gasteiger partial charge is 0.497 e. The van der Waals surface area contributed by atoms with Crippen LogP contribution in [0.2, 0.25) is 0 Å². The SMILES string of the molecule is COc1cccc(N2CC(C(=O)N3CCC(Cn4cccn4)CC3)CC2=O)c1. The standard InChI is InChI=1S/C21H26N4O3/c1-28-19-5-2-4-18(13-19)25-15-17(12-20(25)26)21(27)23-10-6-16(7-11-23)14-24-9-3-8-22-24/h2-5,8-9,13,16-17H,6-7,10-12,14-15H2,1H3. The highest BCUT2D eigenvalue weighted by Crippen LogP contribution is 2.30. The molecule has 2 aromatic rings. The molecular formula is C21H26N4O3. The van der Waals surface area contributed by atoms with Gasteiger partial charge in [-0.25, -0.2) is 0 Å². The van der Waals surface area contributed by atoms with Gasteiger partial charge in [0.15, 0.2) is 0 Å². The fraction of sp³-hybridized carbons (Fsp3) is 0.476. The minimum atomic E-state index is -0.263. The van der Waals surface area contributed by atoms with E-state index in [1.54, 1.807) is 18.2 Å². The number of aromatic nitrogens is 2. The Kier molecular flexibility index (Phi) is 5.32. The number of benzene rings is 1. The first kappa shape index (κ1) is 18.5. The zero-order chi connectivity index (χ0) is 19.5. The van der Waals surface area contributed by atoms with E-state index in [1.165, 1.54) is 0 Å². The van der Waals surface area contributed by atoms with E-state index < -0.39 is 0 Å². The van der Waals surface area contributed by atoms with Crippen LogP contribution in [0.1, 0.15) is 19.3 Å². The molecule has 2 fully saturated rings. The fourth-order valence-electron chi connectivity index (χ4n) is 4.17. The van der Waals surface area contributed by atoms with Crippen molar-refractivity contribution < 1.29 is 14.3 Å². The molecule has 0 aliphatic carbocycles. The van der Waals surface area contributed by atoms with Crippen molar-refractivity contribution in [1.82, 2.24) is 14.7 Å². The van der Waals surface area contributed by atoms with Crippen LogP contribution in [0.25, 0.3) is 0 Å². The second-order valence-electron chi connectivity index (χ2n) is 7.60. The third kappa shape index (κ3) is 3.88. The summed E-state index contributed by atoms with van der Waals surface area (Å²) >= 11 is 0. The van der Waals surface area contributed by atoms with Crippen LogP contribution in [-0.4, -0.2) is 53.2 Å². The van der Waals surface area contributed by atoms with Crippen molar-refractivity contribution >= 4 is 17.5 Å². The molecule has 148 valence electrons. The third-order valence-corrected chi connectivity index (χ3v) is 5.77. The molecule has 2 amide bonds. The number of ether oxygens (including phenoxy) is 1. The molecule has 1 atom stereocenters. The van der Waals surface area contributed by atoms with Gasteiger partial charge in [0.25, 0.3) is 0 Å². The van der Waals surface area contributed by atoms with Crippen molar-refractivity contribution in [3.63, 3.8) is 0 Å². The molecule has 2 aliphatic heterocycles. The van der Waals surface area contributed by atoms with Gasteiger partial charge in [-0.05, 0) is 37.0 Å². The Morgan fingerprint density at radius 1 is 1.25 bits per heavy atom. The number of hydrogen-bond donors (Lipinski definition) is 0. The van der Waals surface area contributed by atoms with E-state index in [2.05, 4.69) is 5.10 Å². The number of carbonyl (C=O) groups is 2. The number of hydrogen-bond acceptors (Lipinski definition) is 4. The van der Waals surface area contributed by atoms with Gasteiger partial charge in [0.05, 0.1) is 13.0 Å². The van der Waals surface area contributed by atoms with Crippen molar-refractivity contribution in [1.29, 1.82) is 0 Å². The lowest BCUT2D eigenvalue weighted by Crippen LogP contribution is -2.43. The molecule has 7 heteroatoms. The van der Waals surface area contributed by atoms with E-state index in [0.29, 0.717) is 18.2 Å². The Hall–Kier alpha value is -2.83. The van der Waals surface area contributed by atoms with Gasteiger partial charge < -0.3 is 14.5 Å². The summed E-state index contributed by atoms with van der Waals surface area (Å²) in [6.45, 7) is 2.86. The molecule has 28 heavy (non-hydrogen) atoms. The Bertz CT molecular complexity index is 828. The van der Waals surface area contributed by atoms with Gasteiger partial charge in [-0.3, -0.25) is 14.3 Å². The summed E-state index contributed by atoms with van der Waals surface area (Å²) in [5.41, 5.74) is 0.789. The minimum Gasteiger partial charge on any atom is -0.497 e. The molecule has 0 spiro atoms. The van der Waals surface area contributed by atoms with Crippen molar-refractivity contribution in [2.45, 2.75) is 25.8 Å². The van der Waals surface area contributed by atoms with Gasteiger partial charge in [-0.2, -0.15) is 5.10 Å². The van der Waals surface area contributed by atoms with E-state index in [9.17, 15) is 9.59 Å². The topological polar surface area (TPSA) is 67.7 Å². The first-order valence-electron chi connectivity index (χ1n) is 9.84. The van der Waals surface area contributed by atoms with Crippen LogP contribution in [-0.2, 0) is 16.1 Å². The monoisotopic (exact) mass is 382 g/mol. The summed E-state index contributed by atoms with van der Waals surface area (Å²) < 4.78 is 7.21. The molecule has 1 aromatic carbocycles. The van der Waals surface area contributed by atoms with Crippen LogP contribution < -0.4 is 9.64 Å².